The normalized spacial score (nSPS) is 25.8. The molecule has 2 aliphatic rings. The summed E-state index contributed by atoms with van der Waals surface area (Å²) in [6, 6.07) is 9.04. The van der Waals surface area contributed by atoms with Gasteiger partial charge in [-0.3, -0.25) is 4.98 Å². The molecule has 110 valence electrons. The lowest BCUT2D eigenvalue weighted by atomic mass is 9.78. The van der Waals surface area contributed by atoms with Gasteiger partial charge < -0.3 is 10.6 Å². The third-order valence-corrected chi connectivity index (χ3v) is 5.30. The van der Waals surface area contributed by atoms with Crippen molar-refractivity contribution in [3.63, 3.8) is 0 Å². The van der Waals surface area contributed by atoms with Crippen molar-refractivity contribution >= 4 is 22.3 Å². The molecule has 0 unspecified atom stereocenters. The molecular weight excluding hydrogens is 258 g/mol. The Bertz CT molecular complexity index is 650. The van der Waals surface area contributed by atoms with Crippen molar-refractivity contribution in [1.29, 1.82) is 0 Å². The van der Waals surface area contributed by atoms with Crippen LogP contribution in [0.2, 0.25) is 0 Å². The van der Waals surface area contributed by atoms with Crippen LogP contribution < -0.4 is 10.6 Å². The number of benzene rings is 1. The van der Waals surface area contributed by atoms with E-state index in [1.807, 2.05) is 18.3 Å². The second-order valence-electron chi connectivity index (χ2n) is 6.55. The minimum atomic E-state index is 0.732. The van der Waals surface area contributed by atoms with E-state index in [0.717, 1.165) is 23.2 Å². The zero-order valence-electron chi connectivity index (χ0n) is 12.5. The number of pyridine rings is 1. The summed E-state index contributed by atoms with van der Waals surface area (Å²) in [6.07, 6.45) is 10.2. The van der Waals surface area contributed by atoms with Gasteiger partial charge in [-0.2, -0.15) is 0 Å². The van der Waals surface area contributed by atoms with Gasteiger partial charge in [-0.15, -0.1) is 0 Å². The summed E-state index contributed by atoms with van der Waals surface area (Å²) in [6.45, 7) is 1.19. The van der Waals surface area contributed by atoms with Crippen molar-refractivity contribution in [2.45, 2.75) is 44.6 Å². The van der Waals surface area contributed by atoms with Gasteiger partial charge in [0, 0.05) is 35.5 Å². The largest absolute Gasteiger partial charge is 0.399 e. The quantitative estimate of drug-likeness (QED) is 0.804. The van der Waals surface area contributed by atoms with E-state index in [2.05, 4.69) is 22.0 Å². The van der Waals surface area contributed by atoms with Gasteiger partial charge in [-0.05, 0) is 55.9 Å². The van der Waals surface area contributed by atoms with Crippen LogP contribution in [0.3, 0.4) is 0 Å². The molecule has 0 radical (unpaired) electrons. The summed E-state index contributed by atoms with van der Waals surface area (Å²) < 4.78 is 0. The van der Waals surface area contributed by atoms with Crippen LogP contribution in [0.25, 0.3) is 10.9 Å². The highest BCUT2D eigenvalue weighted by Crippen LogP contribution is 2.39. The van der Waals surface area contributed by atoms with Crippen molar-refractivity contribution in [1.82, 2.24) is 4.98 Å². The van der Waals surface area contributed by atoms with Gasteiger partial charge in [0.2, 0.25) is 0 Å². The number of nitrogens with zero attached hydrogens (tertiary/aromatic N) is 2. The third-order valence-electron chi connectivity index (χ3n) is 5.30. The first kappa shape index (κ1) is 12.9. The molecule has 1 aliphatic carbocycles. The van der Waals surface area contributed by atoms with Crippen LogP contribution in [-0.2, 0) is 0 Å². The lowest BCUT2D eigenvalue weighted by molar-refractivity contribution is 0.244. The predicted octanol–water partition coefficient (Wildman–Crippen LogP) is 3.98. The van der Waals surface area contributed by atoms with E-state index in [4.69, 9.17) is 5.73 Å². The number of fused-ring (bicyclic) bond motifs is 2. The van der Waals surface area contributed by atoms with Crippen LogP contribution in [0.5, 0.6) is 0 Å². The predicted molar refractivity (Wildman–Crippen MR) is 88.5 cm³/mol. The van der Waals surface area contributed by atoms with Crippen LogP contribution in [-0.4, -0.2) is 17.6 Å². The maximum Gasteiger partial charge on any atom is 0.0743 e. The molecule has 21 heavy (non-hydrogen) atoms. The first-order valence-electron chi connectivity index (χ1n) is 8.24. The summed E-state index contributed by atoms with van der Waals surface area (Å²) in [5, 5.41) is 1.25. The molecule has 2 heterocycles. The van der Waals surface area contributed by atoms with Gasteiger partial charge >= 0.3 is 0 Å². The lowest BCUT2D eigenvalue weighted by Crippen LogP contribution is -2.47. The summed E-state index contributed by atoms with van der Waals surface area (Å²) >= 11 is 0. The Balaban J connectivity index is 1.78. The fourth-order valence-corrected chi connectivity index (χ4v) is 4.32. The van der Waals surface area contributed by atoms with E-state index < -0.39 is 0 Å². The van der Waals surface area contributed by atoms with Gasteiger partial charge in [0.15, 0.2) is 0 Å². The van der Waals surface area contributed by atoms with Crippen molar-refractivity contribution in [3.05, 3.63) is 30.5 Å². The van der Waals surface area contributed by atoms with Gasteiger partial charge in [-0.25, -0.2) is 0 Å². The van der Waals surface area contributed by atoms with Crippen molar-refractivity contribution in [3.8, 4) is 0 Å². The minimum absolute atomic E-state index is 0.732. The number of aromatic nitrogens is 1. The Labute approximate surface area is 126 Å². The first-order valence-corrected chi connectivity index (χ1v) is 8.24. The van der Waals surface area contributed by atoms with Crippen LogP contribution in [0.1, 0.15) is 38.5 Å². The molecule has 1 aromatic carbocycles. The molecule has 0 bridgehead atoms. The second-order valence-corrected chi connectivity index (χ2v) is 6.55. The molecule has 0 amide bonds. The van der Waals surface area contributed by atoms with Gasteiger partial charge in [0.25, 0.3) is 0 Å². The van der Waals surface area contributed by atoms with Crippen LogP contribution in [0.15, 0.2) is 30.5 Å². The number of piperidine rings is 1. The molecular formula is C18H23N3. The van der Waals surface area contributed by atoms with E-state index in [1.165, 1.54) is 56.1 Å². The SMILES string of the molecule is Nc1ccc2c(N3CCC[C@H]4CCCC[C@H]43)ccnc2c1. The third kappa shape index (κ3) is 2.25. The molecule has 3 heteroatoms. The Morgan fingerprint density at radius 1 is 1.05 bits per heavy atom. The summed E-state index contributed by atoms with van der Waals surface area (Å²) in [7, 11) is 0. The van der Waals surface area contributed by atoms with Gasteiger partial charge in [0.05, 0.1) is 5.52 Å². The number of anilines is 2. The maximum absolute atomic E-state index is 5.90. The van der Waals surface area contributed by atoms with Crippen LogP contribution in [0.4, 0.5) is 11.4 Å². The smallest absolute Gasteiger partial charge is 0.0743 e. The van der Waals surface area contributed by atoms with Crippen molar-refractivity contribution in [2.24, 2.45) is 5.92 Å². The number of hydrogen-bond acceptors (Lipinski definition) is 3. The fourth-order valence-electron chi connectivity index (χ4n) is 4.32. The first-order chi connectivity index (χ1) is 10.3. The topological polar surface area (TPSA) is 42.1 Å². The number of nitrogen functional groups attached to an aromatic ring is 1. The molecule has 2 aromatic rings. The number of nitrogens with two attached hydrogens (primary N) is 1. The van der Waals surface area contributed by atoms with E-state index >= 15 is 0 Å². The van der Waals surface area contributed by atoms with Gasteiger partial charge in [-0.1, -0.05) is 12.8 Å². The highest BCUT2D eigenvalue weighted by atomic mass is 15.2. The Morgan fingerprint density at radius 3 is 2.86 bits per heavy atom. The Hall–Kier alpha value is -1.77. The highest BCUT2D eigenvalue weighted by Gasteiger charge is 2.33. The zero-order valence-corrected chi connectivity index (χ0v) is 12.5. The second kappa shape index (κ2) is 5.21. The molecule has 1 saturated heterocycles. The fraction of sp³-hybridized carbons (Fsp3) is 0.500. The van der Waals surface area contributed by atoms with Gasteiger partial charge in [0.1, 0.15) is 0 Å². The molecule has 4 rings (SSSR count). The average molecular weight is 281 g/mol. The van der Waals surface area contributed by atoms with Crippen LogP contribution in [0, 0.1) is 5.92 Å². The molecule has 2 N–H and O–H groups in total. The minimum Gasteiger partial charge on any atom is -0.399 e. The van der Waals surface area contributed by atoms with Crippen molar-refractivity contribution in [2.75, 3.05) is 17.2 Å². The van der Waals surface area contributed by atoms with E-state index in [-0.39, 0.29) is 0 Å². The lowest BCUT2D eigenvalue weighted by Gasteiger charge is -2.45. The molecule has 1 aromatic heterocycles. The molecule has 3 nitrogen and oxygen atoms in total. The Morgan fingerprint density at radius 2 is 1.90 bits per heavy atom. The summed E-state index contributed by atoms with van der Waals surface area (Å²) in [5.41, 5.74) is 9.07. The van der Waals surface area contributed by atoms with E-state index in [0.29, 0.717) is 0 Å². The maximum atomic E-state index is 5.90. The highest BCUT2D eigenvalue weighted by molar-refractivity contribution is 5.93. The Kier molecular flexibility index (Phi) is 3.21. The average Bonchev–Trinajstić information content (AvgIpc) is 2.53. The standard InChI is InChI=1S/C18H23N3/c19-14-7-8-15-16(12-14)20-10-9-18(15)21-11-3-5-13-4-1-2-6-17(13)21/h7-10,12-13,17H,1-6,11,19H2/t13-,17-/m1/s1. The van der Waals surface area contributed by atoms with E-state index in [9.17, 15) is 0 Å². The summed E-state index contributed by atoms with van der Waals surface area (Å²) in [4.78, 5) is 7.16. The molecule has 1 saturated carbocycles. The molecule has 2 fully saturated rings. The molecule has 0 spiro atoms. The van der Waals surface area contributed by atoms with E-state index in [1.54, 1.807) is 0 Å². The number of hydrogen-bond donors (Lipinski definition) is 1. The zero-order chi connectivity index (χ0) is 14.2. The number of rotatable bonds is 1. The summed E-state index contributed by atoms with van der Waals surface area (Å²) in [5.74, 6) is 0.893. The molecule has 2 atom stereocenters. The monoisotopic (exact) mass is 281 g/mol. The molecule has 1 aliphatic heterocycles. The van der Waals surface area contributed by atoms with Crippen LogP contribution >= 0.6 is 0 Å². The van der Waals surface area contributed by atoms with Crippen molar-refractivity contribution < 1.29 is 0 Å².